The molecular formula is C16H22N4O4S. The highest BCUT2D eigenvalue weighted by Gasteiger charge is 2.30. The Morgan fingerprint density at radius 2 is 1.76 bits per heavy atom. The highest BCUT2D eigenvalue weighted by atomic mass is 32.2. The number of piperazine rings is 1. The van der Waals surface area contributed by atoms with Crippen molar-refractivity contribution >= 4 is 16.0 Å². The predicted molar refractivity (Wildman–Crippen MR) is 92.4 cm³/mol. The smallest absolute Gasteiger partial charge is 0.324 e. The van der Waals surface area contributed by atoms with E-state index in [2.05, 4.69) is 10.1 Å². The van der Waals surface area contributed by atoms with Crippen molar-refractivity contribution in [2.45, 2.75) is 24.7 Å². The van der Waals surface area contributed by atoms with E-state index in [1.807, 2.05) is 18.7 Å². The molecule has 1 aliphatic rings. The average Bonchev–Trinajstić information content (AvgIpc) is 3.12. The van der Waals surface area contributed by atoms with E-state index in [0.717, 1.165) is 0 Å². The van der Waals surface area contributed by atoms with Crippen LogP contribution in [0.2, 0.25) is 0 Å². The summed E-state index contributed by atoms with van der Waals surface area (Å²) < 4.78 is 37.3. The molecule has 0 spiro atoms. The lowest BCUT2D eigenvalue weighted by atomic mass is 10.2. The van der Waals surface area contributed by atoms with Crippen LogP contribution in [0.4, 0.5) is 6.01 Å². The highest BCUT2D eigenvalue weighted by molar-refractivity contribution is 7.89. The zero-order chi connectivity index (χ0) is 18.0. The molecule has 136 valence electrons. The molecule has 25 heavy (non-hydrogen) atoms. The topological polar surface area (TPSA) is 88.8 Å². The Labute approximate surface area is 147 Å². The summed E-state index contributed by atoms with van der Waals surface area (Å²) in [5, 5.41) is 3.95. The lowest BCUT2D eigenvalue weighted by molar-refractivity contribution is 0.353. The van der Waals surface area contributed by atoms with Crippen molar-refractivity contribution in [2.75, 3.05) is 38.2 Å². The van der Waals surface area contributed by atoms with Gasteiger partial charge in [-0.05, 0) is 24.3 Å². The van der Waals surface area contributed by atoms with Gasteiger partial charge in [-0.2, -0.15) is 9.29 Å². The van der Waals surface area contributed by atoms with Crippen molar-refractivity contribution in [1.29, 1.82) is 0 Å². The predicted octanol–water partition coefficient (Wildman–Crippen LogP) is 1.71. The Morgan fingerprint density at radius 3 is 2.28 bits per heavy atom. The van der Waals surface area contributed by atoms with Gasteiger partial charge in [0.2, 0.25) is 10.0 Å². The van der Waals surface area contributed by atoms with Crippen LogP contribution in [0.5, 0.6) is 5.75 Å². The largest absolute Gasteiger partial charge is 0.497 e. The van der Waals surface area contributed by atoms with E-state index in [4.69, 9.17) is 9.26 Å². The van der Waals surface area contributed by atoms with Crippen LogP contribution in [0.15, 0.2) is 33.7 Å². The molecule has 0 N–H and O–H groups in total. The summed E-state index contributed by atoms with van der Waals surface area (Å²) in [5.41, 5.74) is 0. The lowest BCUT2D eigenvalue weighted by Crippen LogP contribution is -2.48. The standard InChI is InChI=1S/C16H22N4O4S/c1-12(2)15-17-16(24-18-15)19-8-10-20(11-9-19)25(21,22)14-6-4-13(23-3)5-7-14/h4-7,12H,8-11H2,1-3H3. The fourth-order valence-corrected chi connectivity index (χ4v) is 4.03. The number of anilines is 1. The molecule has 9 heteroatoms. The molecule has 1 aromatic carbocycles. The third kappa shape index (κ3) is 3.62. The molecule has 2 heterocycles. The van der Waals surface area contributed by atoms with Gasteiger partial charge in [-0.3, -0.25) is 0 Å². The SMILES string of the molecule is COc1ccc(S(=O)(=O)N2CCN(c3nc(C(C)C)no3)CC2)cc1. The molecule has 0 saturated carbocycles. The second-order valence-corrected chi connectivity index (χ2v) is 8.09. The minimum Gasteiger partial charge on any atom is -0.497 e. The third-order valence-corrected chi connectivity index (χ3v) is 6.07. The van der Waals surface area contributed by atoms with Crippen LogP contribution in [0.3, 0.4) is 0 Å². The second kappa shape index (κ2) is 7.01. The van der Waals surface area contributed by atoms with E-state index in [1.54, 1.807) is 31.4 Å². The Morgan fingerprint density at radius 1 is 1.12 bits per heavy atom. The van der Waals surface area contributed by atoms with Gasteiger partial charge in [-0.15, -0.1) is 0 Å². The van der Waals surface area contributed by atoms with Crippen molar-refractivity contribution in [3.05, 3.63) is 30.1 Å². The Bertz CT molecular complexity index is 809. The molecule has 8 nitrogen and oxygen atoms in total. The average molecular weight is 366 g/mol. The molecule has 1 fully saturated rings. The summed E-state index contributed by atoms with van der Waals surface area (Å²) in [6, 6.07) is 6.87. The summed E-state index contributed by atoms with van der Waals surface area (Å²) >= 11 is 0. The van der Waals surface area contributed by atoms with Gasteiger partial charge in [-0.1, -0.05) is 19.0 Å². The summed E-state index contributed by atoms with van der Waals surface area (Å²) in [7, 11) is -1.97. The third-order valence-electron chi connectivity index (χ3n) is 4.15. The van der Waals surface area contributed by atoms with Gasteiger partial charge in [0, 0.05) is 32.1 Å². The molecule has 0 amide bonds. The normalized spacial score (nSPS) is 16.4. The summed E-state index contributed by atoms with van der Waals surface area (Å²) in [6.07, 6.45) is 0. The minimum atomic E-state index is -3.52. The first kappa shape index (κ1) is 17.7. The summed E-state index contributed by atoms with van der Waals surface area (Å²) in [4.78, 5) is 6.55. The quantitative estimate of drug-likeness (QED) is 0.796. The van der Waals surface area contributed by atoms with Gasteiger partial charge in [0.1, 0.15) is 5.75 Å². The monoisotopic (exact) mass is 366 g/mol. The number of nitrogens with zero attached hydrogens (tertiary/aromatic N) is 4. The summed E-state index contributed by atoms with van der Waals surface area (Å²) in [6.45, 7) is 5.74. The van der Waals surface area contributed by atoms with Gasteiger partial charge in [0.05, 0.1) is 12.0 Å². The van der Waals surface area contributed by atoms with Crippen LogP contribution in [-0.2, 0) is 10.0 Å². The van der Waals surface area contributed by atoms with Crippen molar-refractivity contribution in [3.63, 3.8) is 0 Å². The molecular weight excluding hydrogens is 344 g/mol. The van der Waals surface area contributed by atoms with Crippen LogP contribution < -0.4 is 9.64 Å². The summed E-state index contributed by atoms with van der Waals surface area (Å²) in [5.74, 6) is 1.47. The lowest BCUT2D eigenvalue weighted by Gasteiger charge is -2.32. The molecule has 0 atom stereocenters. The molecule has 1 aromatic heterocycles. The minimum absolute atomic E-state index is 0.189. The van der Waals surface area contributed by atoms with Crippen LogP contribution in [-0.4, -0.2) is 56.2 Å². The molecule has 0 aliphatic carbocycles. The number of aromatic nitrogens is 2. The number of benzene rings is 1. The number of sulfonamides is 1. The molecule has 1 aliphatic heterocycles. The van der Waals surface area contributed by atoms with E-state index >= 15 is 0 Å². The number of ether oxygens (including phenoxy) is 1. The van der Waals surface area contributed by atoms with Crippen LogP contribution in [0.1, 0.15) is 25.6 Å². The number of methoxy groups -OCH3 is 1. The van der Waals surface area contributed by atoms with Crippen LogP contribution >= 0.6 is 0 Å². The first-order valence-corrected chi connectivity index (χ1v) is 9.58. The number of hydrogen-bond acceptors (Lipinski definition) is 7. The van der Waals surface area contributed by atoms with Gasteiger partial charge in [0.15, 0.2) is 5.82 Å². The maximum atomic E-state index is 12.7. The Balaban J connectivity index is 1.68. The van der Waals surface area contributed by atoms with Crippen molar-refractivity contribution < 1.29 is 17.7 Å². The van der Waals surface area contributed by atoms with Gasteiger partial charge in [0.25, 0.3) is 0 Å². The fraction of sp³-hybridized carbons (Fsp3) is 0.500. The fourth-order valence-electron chi connectivity index (χ4n) is 2.61. The zero-order valence-corrected chi connectivity index (χ0v) is 15.4. The van der Waals surface area contributed by atoms with E-state index < -0.39 is 10.0 Å². The molecule has 2 aromatic rings. The maximum Gasteiger partial charge on any atom is 0.324 e. The van der Waals surface area contributed by atoms with Crippen molar-refractivity contribution in [3.8, 4) is 5.75 Å². The van der Waals surface area contributed by atoms with Crippen molar-refractivity contribution in [1.82, 2.24) is 14.4 Å². The van der Waals surface area contributed by atoms with Gasteiger partial charge in [-0.25, -0.2) is 8.42 Å². The van der Waals surface area contributed by atoms with E-state index in [0.29, 0.717) is 43.8 Å². The highest BCUT2D eigenvalue weighted by Crippen LogP contribution is 2.23. The number of hydrogen-bond donors (Lipinski definition) is 0. The molecule has 3 rings (SSSR count). The zero-order valence-electron chi connectivity index (χ0n) is 14.5. The maximum absolute atomic E-state index is 12.7. The second-order valence-electron chi connectivity index (χ2n) is 6.16. The molecule has 0 bridgehead atoms. The van der Waals surface area contributed by atoms with E-state index in [1.165, 1.54) is 4.31 Å². The molecule has 0 radical (unpaired) electrons. The van der Waals surface area contributed by atoms with Crippen LogP contribution in [0, 0.1) is 0 Å². The first-order chi connectivity index (χ1) is 11.9. The van der Waals surface area contributed by atoms with E-state index in [-0.39, 0.29) is 10.8 Å². The molecule has 1 saturated heterocycles. The Kier molecular flexibility index (Phi) is 4.96. The number of rotatable bonds is 5. The molecule has 0 unspecified atom stereocenters. The Hall–Kier alpha value is -2.13. The van der Waals surface area contributed by atoms with Crippen molar-refractivity contribution in [2.24, 2.45) is 0 Å². The van der Waals surface area contributed by atoms with Crippen LogP contribution in [0.25, 0.3) is 0 Å². The first-order valence-electron chi connectivity index (χ1n) is 8.14. The van der Waals surface area contributed by atoms with Gasteiger partial charge < -0.3 is 14.2 Å². The van der Waals surface area contributed by atoms with E-state index in [9.17, 15) is 8.42 Å². The van der Waals surface area contributed by atoms with Gasteiger partial charge >= 0.3 is 6.01 Å².